The molecule has 0 N–H and O–H groups in total. The maximum Gasteiger partial charge on any atom is 0.432 e. The van der Waals surface area contributed by atoms with Crippen LogP contribution in [0.4, 0.5) is 0 Å². The molecule has 0 saturated heterocycles. The summed E-state index contributed by atoms with van der Waals surface area (Å²) in [6.07, 6.45) is 3.68. The lowest BCUT2D eigenvalue weighted by Crippen LogP contribution is -1.93. The summed E-state index contributed by atoms with van der Waals surface area (Å²) < 4.78 is 8.99. The van der Waals surface area contributed by atoms with Crippen molar-refractivity contribution in [2.45, 2.75) is 0 Å². The summed E-state index contributed by atoms with van der Waals surface area (Å²) in [7, 11) is 3.40. The second kappa shape index (κ2) is 7.11. The van der Waals surface area contributed by atoms with Crippen LogP contribution in [0.15, 0.2) is 42.7 Å². The van der Waals surface area contributed by atoms with Crippen LogP contribution in [0.5, 0.6) is 0 Å². The van der Waals surface area contributed by atoms with Crippen molar-refractivity contribution in [3.05, 3.63) is 42.7 Å². The van der Waals surface area contributed by atoms with Crippen LogP contribution in [0, 0.1) is 0 Å². The maximum absolute atomic E-state index is 4.50. The number of hydrogen-bond donors (Lipinski definition) is 0. The Morgan fingerprint density at radius 3 is 2.20 bits per heavy atom. The van der Waals surface area contributed by atoms with Gasteiger partial charge in [0.05, 0.1) is 0 Å². The molecule has 0 spiro atoms. The van der Waals surface area contributed by atoms with Crippen LogP contribution in [0.3, 0.4) is 0 Å². The fraction of sp³-hybridized carbons (Fsp3) is 0.182. The van der Waals surface area contributed by atoms with Gasteiger partial charge in [0.25, 0.3) is 0 Å². The van der Waals surface area contributed by atoms with E-state index in [1.165, 1.54) is 10.8 Å². The molecule has 0 aliphatic rings. The zero-order valence-electron chi connectivity index (χ0n) is 8.81. The molecule has 0 amide bonds. The van der Waals surface area contributed by atoms with E-state index in [2.05, 4.69) is 26.0 Å². The quantitative estimate of drug-likeness (QED) is 0.724. The summed E-state index contributed by atoms with van der Waals surface area (Å²) in [5, 5.41) is 2.45. The van der Waals surface area contributed by atoms with Crippen LogP contribution in [-0.2, 0) is 8.85 Å². The molecule has 2 radical (unpaired) electrons. The van der Waals surface area contributed by atoms with Crippen LogP contribution in [-0.4, -0.2) is 29.2 Å². The Kier molecular flexibility index (Phi) is 5.61. The van der Waals surface area contributed by atoms with Crippen LogP contribution in [0.1, 0.15) is 0 Å². The van der Waals surface area contributed by atoms with E-state index in [0.717, 1.165) is 0 Å². The van der Waals surface area contributed by atoms with Gasteiger partial charge >= 0.3 is 10.0 Å². The molecule has 0 fully saturated rings. The van der Waals surface area contributed by atoms with Gasteiger partial charge in [0.15, 0.2) is 0 Å². The van der Waals surface area contributed by atoms with E-state index in [0.29, 0.717) is 0 Å². The van der Waals surface area contributed by atoms with Gasteiger partial charge in [0.2, 0.25) is 0 Å². The summed E-state index contributed by atoms with van der Waals surface area (Å²) in [6, 6.07) is 10.2. The molecule has 0 unspecified atom stereocenters. The molecule has 0 saturated carbocycles. The van der Waals surface area contributed by atoms with Gasteiger partial charge in [-0.15, -0.1) is 0 Å². The summed E-state index contributed by atoms with van der Waals surface area (Å²) in [5.74, 6) is 0. The highest BCUT2D eigenvalue weighted by atomic mass is 28.3. The van der Waals surface area contributed by atoms with Crippen LogP contribution in [0.2, 0.25) is 0 Å². The molecule has 4 heteroatoms. The maximum atomic E-state index is 4.50. The van der Waals surface area contributed by atoms with Gasteiger partial charge in [0, 0.05) is 26.6 Å². The Morgan fingerprint density at radius 1 is 1.00 bits per heavy atom. The van der Waals surface area contributed by atoms with Gasteiger partial charge in [-0.1, -0.05) is 24.3 Å². The number of nitrogens with zero attached hydrogens (tertiary/aromatic N) is 1. The van der Waals surface area contributed by atoms with Gasteiger partial charge in [-0.05, 0) is 16.8 Å². The predicted molar refractivity (Wildman–Crippen MR) is 61.5 cm³/mol. The van der Waals surface area contributed by atoms with E-state index < -0.39 is 0 Å². The van der Waals surface area contributed by atoms with E-state index >= 15 is 0 Å². The van der Waals surface area contributed by atoms with Crippen LogP contribution >= 0.6 is 0 Å². The number of pyridine rings is 1. The molecule has 0 atom stereocenters. The predicted octanol–water partition coefficient (Wildman–Crippen LogP) is 2.05. The first-order valence-corrected chi connectivity index (χ1v) is 5.30. The molecule has 2 rings (SSSR count). The fourth-order valence-electron chi connectivity index (χ4n) is 1.11. The third kappa shape index (κ3) is 4.20. The van der Waals surface area contributed by atoms with E-state index in [-0.39, 0.29) is 10.0 Å². The average molecular weight is 219 g/mol. The van der Waals surface area contributed by atoms with Crippen molar-refractivity contribution in [2.24, 2.45) is 0 Å². The van der Waals surface area contributed by atoms with Crippen LogP contribution in [0.25, 0.3) is 10.8 Å². The van der Waals surface area contributed by atoms with Crippen molar-refractivity contribution in [2.75, 3.05) is 14.2 Å². The number of aromatic nitrogens is 1. The third-order valence-electron chi connectivity index (χ3n) is 1.72. The summed E-state index contributed by atoms with van der Waals surface area (Å²) in [4.78, 5) is 4.01. The molecule has 15 heavy (non-hydrogen) atoms. The smallest absolute Gasteiger partial charge is 0.396 e. The Bertz CT molecular complexity index is 328. The topological polar surface area (TPSA) is 31.4 Å². The molecule has 2 aromatic rings. The van der Waals surface area contributed by atoms with Gasteiger partial charge in [-0.3, -0.25) is 4.98 Å². The van der Waals surface area contributed by atoms with Crippen LogP contribution < -0.4 is 0 Å². The number of benzene rings is 1. The van der Waals surface area contributed by atoms with Crippen molar-refractivity contribution < 1.29 is 8.85 Å². The first-order valence-electron chi connectivity index (χ1n) is 4.48. The third-order valence-corrected chi connectivity index (χ3v) is 2.05. The lowest BCUT2D eigenvalue weighted by molar-refractivity contribution is 0.309. The van der Waals surface area contributed by atoms with Crippen molar-refractivity contribution in [3.8, 4) is 0 Å². The van der Waals surface area contributed by atoms with Gasteiger partial charge in [-0.25, -0.2) is 0 Å². The van der Waals surface area contributed by atoms with E-state index in [4.69, 9.17) is 0 Å². The largest absolute Gasteiger partial charge is 0.432 e. The highest BCUT2D eigenvalue weighted by molar-refractivity contribution is 6.17. The summed E-state index contributed by atoms with van der Waals surface area (Å²) in [5.41, 5.74) is 0. The second-order valence-electron chi connectivity index (χ2n) is 2.71. The van der Waals surface area contributed by atoms with Crippen molar-refractivity contribution in [1.29, 1.82) is 0 Å². The molecular formula is C11H13NO2Si. The molecule has 1 aromatic carbocycles. The SMILES string of the molecule is CO[Si]OC.c1ccc2cnccc2c1. The fourth-order valence-corrected chi connectivity index (χ4v) is 1.28. The lowest BCUT2D eigenvalue weighted by Gasteiger charge is -1.91. The Hall–Kier alpha value is -1.23. The van der Waals surface area contributed by atoms with Gasteiger partial charge < -0.3 is 8.85 Å². The van der Waals surface area contributed by atoms with E-state index in [9.17, 15) is 0 Å². The zero-order chi connectivity index (χ0) is 10.9. The molecule has 1 heterocycles. The Labute approximate surface area is 92.1 Å². The molecule has 0 aliphatic carbocycles. The molecule has 0 bridgehead atoms. The summed E-state index contributed by atoms with van der Waals surface area (Å²) in [6.45, 7) is 0. The van der Waals surface area contributed by atoms with Crippen molar-refractivity contribution in [1.82, 2.24) is 4.98 Å². The highest BCUT2D eigenvalue weighted by Crippen LogP contribution is 2.09. The number of hydrogen-bond acceptors (Lipinski definition) is 3. The molecule has 3 nitrogen and oxygen atoms in total. The minimum atomic E-state index is 0.198. The summed E-state index contributed by atoms with van der Waals surface area (Å²) >= 11 is 0. The highest BCUT2D eigenvalue weighted by Gasteiger charge is 1.86. The van der Waals surface area contributed by atoms with Crippen molar-refractivity contribution >= 4 is 20.8 Å². The normalized spacial score (nSPS) is 9.47. The lowest BCUT2D eigenvalue weighted by atomic mass is 10.2. The standard InChI is InChI=1S/C9H7N.C2H6O2Si/c1-2-4-9-7-10-6-5-8(9)3-1;1-3-5-4-2/h1-7H;1-2H3. The second-order valence-corrected chi connectivity index (χ2v) is 3.70. The first-order chi connectivity index (χ1) is 7.38. The molecule has 1 aromatic heterocycles. The Morgan fingerprint density at radius 2 is 1.67 bits per heavy atom. The minimum Gasteiger partial charge on any atom is -0.396 e. The monoisotopic (exact) mass is 219 g/mol. The number of rotatable bonds is 2. The molecule has 78 valence electrons. The Balaban J connectivity index is 0.000000195. The van der Waals surface area contributed by atoms with E-state index in [1.807, 2.05) is 30.6 Å². The van der Waals surface area contributed by atoms with Gasteiger partial charge in [-0.2, -0.15) is 0 Å². The minimum absolute atomic E-state index is 0.198. The molecular weight excluding hydrogens is 206 g/mol. The average Bonchev–Trinajstić information content (AvgIpc) is 2.31. The first kappa shape index (κ1) is 11.8. The van der Waals surface area contributed by atoms with Gasteiger partial charge in [0.1, 0.15) is 0 Å². The number of fused-ring (bicyclic) bond motifs is 1. The van der Waals surface area contributed by atoms with E-state index in [1.54, 1.807) is 14.2 Å². The van der Waals surface area contributed by atoms with Crippen molar-refractivity contribution in [3.63, 3.8) is 0 Å². The molecule has 0 aliphatic heterocycles. The zero-order valence-corrected chi connectivity index (χ0v) is 9.81.